The number of nitro groups is 1. The highest BCUT2D eigenvalue weighted by Gasteiger charge is 2.31. The van der Waals surface area contributed by atoms with Gasteiger partial charge in [0, 0.05) is 10.7 Å². The molecule has 94 valence electrons. The van der Waals surface area contributed by atoms with E-state index in [-0.39, 0.29) is 0 Å². The van der Waals surface area contributed by atoms with Crippen LogP contribution in [0.5, 0.6) is 0 Å². The molecule has 0 bridgehead atoms. The summed E-state index contributed by atoms with van der Waals surface area (Å²) in [5, 5.41) is 9.58. The summed E-state index contributed by atoms with van der Waals surface area (Å²) >= 11 is 5.27. The van der Waals surface area contributed by atoms with E-state index in [0.29, 0.717) is 6.07 Å². The van der Waals surface area contributed by atoms with Gasteiger partial charge in [-0.3, -0.25) is 10.1 Å². The van der Waals surface area contributed by atoms with Crippen LogP contribution in [-0.2, 0) is 9.05 Å². The van der Waals surface area contributed by atoms with E-state index < -0.39 is 41.8 Å². The Morgan fingerprint density at radius 3 is 2.35 bits per heavy atom. The molecule has 6 nitrogen and oxygen atoms in total. The van der Waals surface area contributed by atoms with E-state index >= 15 is 0 Å². The lowest BCUT2D eigenvalue weighted by Crippen LogP contribution is -2.04. The Bertz CT molecular complexity index is 578. The minimum atomic E-state index is -4.58. The van der Waals surface area contributed by atoms with E-state index in [9.17, 15) is 27.3 Å². The van der Waals surface area contributed by atoms with Crippen LogP contribution in [0.1, 0.15) is 12.1 Å². The molecule has 0 saturated carbocycles. The third-order valence-corrected chi connectivity index (χ3v) is 3.20. The summed E-state index contributed by atoms with van der Waals surface area (Å²) < 4.78 is 46.7. The van der Waals surface area contributed by atoms with Crippen LogP contribution >= 0.6 is 22.3 Å². The zero-order valence-electron chi connectivity index (χ0n) is 7.60. The van der Waals surface area contributed by atoms with Gasteiger partial charge in [-0.2, -0.15) is 0 Å². The van der Waals surface area contributed by atoms with E-state index in [0.717, 1.165) is 0 Å². The maximum atomic E-state index is 12.3. The number of nitrogens with zero attached hydrogens (tertiary/aromatic N) is 2. The van der Waals surface area contributed by atoms with Gasteiger partial charge in [-0.15, -0.1) is 0 Å². The molecule has 1 aromatic rings. The minimum Gasteiger partial charge on any atom is -0.258 e. The molecule has 1 rings (SSSR count). The van der Waals surface area contributed by atoms with Gasteiger partial charge in [0.1, 0.15) is 5.69 Å². The van der Waals surface area contributed by atoms with Gasteiger partial charge >= 0.3 is 5.69 Å². The molecule has 0 spiro atoms. The Morgan fingerprint density at radius 2 is 2.00 bits per heavy atom. The van der Waals surface area contributed by atoms with Crippen LogP contribution in [-0.4, -0.2) is 18.3 Å². The molecule has 0 aliphatic rings. The predicted molar refractivity (Wildman–Crippen MR) is 53.9 cm³/mol. The van der Waals surface area contributed by atoms with Crippen molar-refractivity contribution in [2.75, 3.05) is 0 Å². The second kappa shape index (κ2) is 4.67. The van der Waals surface area contributed by atoms with Crippen LogP contribution < -0.4 is 0 Å². The molecule has 1 aromatic heterocycles. The summed E-state index contributed by atoms with van der Waals surface area (Å²) in [5.41, 5.74) is -2.15. The van der Waals surface area contributed by atoms with Gasteiger partial charge in [0.2, 0.25) is 5.15 Å². The molecule has 0 N–H and O–H groups in total. The molecule has 1 heterocycles. The van der Waals surface area contributed by atoms with Crippen molar-refractivity contribution in [3.05, 3.63) is 27.0 Å². The molecule has 0 saturated heterocycles. The number of halogens is 4. The minimum absolute atomic E-state index is 0.316. The highest BCUT2D eigenvalue weighted by atomic mass is 35.7. The Morgan fingerprint density at radius 1 is 1.47 bits per heavy atom. The first kappa shape index (κ1) is 14.0. The Kier molecular flexibility index (Phi) is 3.84. The fourth-order valence-corrected chi connectivity index (χ4v) is 2.31. The molecule has 0 fully saturated rings. The third kappa shape index (κ3) is 2.99. The highest BCUT2D eigenvalue weighted by Crippen LogP contribution is 2.35. The van der Waals surface area contributed by atoms with Crippen LogP contribution in [0.3, 0.4) is 0 Å². The van der Waals surface area contributed by atoms with Crippen molar-refractivity contribution in [3.8, 4) is 0 Å². The van der Waals surface area contributed by atoms with E-state index in [2.05, 4.69) is 4.98 Å². The van der Waals surface area contributed by atoms with Crippen molar-refractivity contribution >= 4 is 37.0 Å². The maximum absolute atomic E-state index is 12.3. The third-order valence-electron chi connectivity index (χ3n) is 1.60. The number of aromatic nitrogens is 1. The van der Waals surface area contributed by atoms with Gasteiger partial charge in [-0.1, -0.05) is 11.6 Å². The van der Waals surface area contributed by atoms with Crippen LogP contribution in [0.2, 0.25) is 5.15 Å². The van der Waals surface area contributed by atoms with Crippen molar-refractivity contribution in [1.82, 2.24) is 4.98 Å². The largest absolute Gasteiger partial charge is 0.326 e. The summed E-state index contributed by atoms with van der Waals surface area (Å²) in [4.78, 5) is 11.3. The monoisotopic (exact) mass is 306 g/mol. The maximum Gasteiger partial charge on any atom is 0.326 e. The molecular formula is C6H2Cl2F2N2O4S. The van der Waals surface area contributed by atoms with Crippen molar-refractivity contribution < 1.29 is 22.1 Å². The second-order valence-corrected chi connectivity index (χ2v) is 5.57. The summed E-state index contributed by atoms with van der Waals surface area (Å²) in [6.07, 6.45) is -3.13. The standard InChI is InChI=1S/C6H2Cl2F2N2O4S/c7-5-4(12(13)14)3(17(8,15)16)1-2(11-5)6(9)10/h1,6H. The molecule has 0 unspecified atom stereocenters. The average Bonchev–Trinajstić information content (AvgIpc) is 2.14. The van der Waals surface area contributed by atoms with Crippen molar-refractivity contribution in [2.45, 2.75) is 11.3 Å². The van der Waals surface area contributed by atoms with E-state index in [1.54, 1.807) is 0 Å². The molecule has 0 aromatic carbocycles. The fraction of sp³-hybridized carbons (Fsp3) is 0.167. The topological polar surface area (TPSA) is 90.2 Å². The SMILES string of the molecule is O=[N+]([O-])c1c(S(=O)(=O)Cl)cc(C(F)F)nc1Cl. The lowest BCUT2D eigenvalue weighted by atomic mass is 10.3. The molecule has 0 aliphatic carbocycles. The number of pyridine rings is 1. The number of alkyl halides is 2. The number of hydrogen-bond donors (Lipinski definition) is 0. The van der Waals surface area contributed by atoms with Crippen molar-refractivity contribution in [1.29, 1.82) is 0 Å². The Balaban J connectivity index is 3.69. The first-order valence-corrected chi connectivity index (χ1v) is 6.41. The molecule has 17 heavy (non-hydrogen) atoms. The predicted octanol–water partition coefficient (Wildman–Crippen LogP) is 2.51. The molecule has 11 heteroatoms. The Labute approximate surface area is 103 Å². The lowest BCUT2D eigenvalue weighted by Gasteiger charge is -2.04. The summed E-state index contributed by atoms with van der Waals surface area (Å²) in [7, 11) is 0.309. The van der Waals surface area contributed by atoms with E-state index in [1.807, 2.05) is 0 Å². The van der Waals surface area contributed by atoms with Crippen LogP contribution in [0, 0.1) is 10.1 Å². The van der Waals surface area contributed by atoms with Crippen molar-refractivity contribution in [3.63, 3.8) is 0 Å². The first-order valence-electron chi connectivity index (χ1n) is 3.72. The number of rotatable bonds is 3. The zero-order chi connectivity index (χ0) is 13.4. The Hall–Kier alpha value is -1.06. The van der Waals surface area contributed by atoms with Gasteiger partial charge in [0.15, 0.2) is 4.90 Å². The highest BCUT2D eigenvalue weighted by molar-refractivity contribution is 8.13. The van der Waals surface area contributed by atoms with Crippen LogP contribution in [0.4, 0.5) is 14.5 Å². The van der Waals surface area contributed by atoms with Gasteiger partial charge in [0.25, 0.3) is 15.5 Å². The van der Waals surface area contributed by atoms with Crippen LogP contribution in [0.15, 0.2) is 11.0 Å². The quantitative estimate of drug-likeness (QED) is 0.370. The summed E-state index contributed by atoms with van der Waals surface area (Å²) in [6, 6.07) is 0.316. The molecule has 0 radical (unpaired) electrons. The van der Waals surface area contributed by atoms with Gasteiger partial charge in [0.05, 0.1) is 4.92 Å². The van der Waals surface area contributed by atoms with E-state index in [4.69, 9.17) is 22.3 Å². The van der Waals surface area contributed by atoms with Crippen LogP contribution in [0.25, 0.3) is 0 Å². The molecule has 0 atom stereocenters. The molecular weight excluding hydrogens is 305 g/mol. The van der Waals surface area contributed by atoms with Gasteiger partial charge in [-0.25, -0.2) is 22.2 Å². The zero-order valence-corrected chi connectivity index (χ0v) is 9.93. The first-order chi connectivity index (χ1) is 7.64. The van der Waals surface area contributed by atoms with Crippen molar-refractivity contribution in [2.24, 2.45) is 0 Å². The fourth-order valence-electron chi connectivity index (χ4n) is 0.966. The van der Waals surface area contributed by atoms with E-state index in [1.165, 1.54) is 0 Å². The molecule has 0 amide bonds. The summed E-state index contributed by atoms with van der Waals surface area (Å²) in [6.45, 7) is 0. The van der Waals surface area contributed by atoms with Gasteiger partial charge < -0.3 is 0 Å². The normalized spacial score (nSPS) is 11.8. The smallest absolute Gasteiger partial charge is 0.258 e. The summed E-state index contributed by atoms with van der Waals surface area (Å²) in [5.74, 6) is 0. The van der Waals surface area contributed by atoms with Gasteiger partial charge in [-0.05, 0) is 6.07 Å². The lowest BCUT2D eigenvalue weighted by molar-refractivity contribution is -0.388. The average molecular weight is 307 g/mol. The molecule has 0 aliphatic heterocycles. The number of hydrogen-bond acceptors (Lipinski definition) is 5. The second-order valence-electron chi connectivity index (χ2n) is 2.68.